The van der Waals surface area contributed by atoms with Crippen LogP contribution < -0.4 is 0 Å². The largest absolute Gasteiger partial charge is 0.292 e. The third kappa shape index (κ3) is 3.03. The molecule has 1 heteroatoms. The third-order valence-corrected chi connectivity index (χ3v) is 4.59. The third-order valence-electron chi connectivity index (χ3n) is 4.59. The standard InChI is InChI=1S/C20H25N/c1-3-13-21(15-17-9-5-4-6-10-17)20-16(2)14-18-11-7-8-12-19(18)20/h4-12,16,20H,3,13-15H2,1-2H3/t16-,20+/m0/s1. The highest BCUT2D eigenvalue weighted by molar-refractivity contribution is 5.35. The summed E-state index contributed by atoms with van der Waals surface area (Å²) in [5.74, 6) is 0.706. The first-order valence-electron chi connectivity index (χ1n) is 8.15. The second-order valence-corrected chi connectivity index (χ2v) is 6.28. The monoisotopic (exact) mass is 279 g/mol. The van der Waals surface area contributed by atoms with Crippen molar-refractivity contribution in [2.24, 2.45) is 5.92 Å². The smallest absolute Gasteiger partial charge is 0.0383 e. The van der Waals surface area contributed by atoms with Gasteiger partial charge >= 0.3 is 0 Å². The maximum Gasteiger partial charge on any atom is 0.0383 e. The highest BCUT2D eigenvalue weighted by Crippen LogP contribution is 2.40. The molecule has 0 amide bonds. The Balaban J connectivity index is 1.87. The Morgan fingerprint density at radius 3 is 2.48 bits per heavy atom. The molecule has 0 N–H and O–H groups in total. The number of hydrogen-bond donors (Lipinski definition) is 0. The van der Waals surface area contributed by atoms with Gasteiger partial charge in [-0.15, -0.1) is 0 Å². The summed E-state index contributed by atoms with van der Waals surface area (Å²) in [7, 11) is 0. The number of nitrogens with zero attached hydrogens (tertiary/aromatic N) is 1. The van der Waals surface area contributed by atoms with Crippen LogP contribution in [-0.2, 0) is 13.0 Å². The molecular weight excluding hydrogens is 254 g/mol. The zero-order valence-electron chi connectivity index (χ0n) is 13.1. The van der Waals surface area contributed by atoms with Crippen LogP contribution in [0.5, 0.6) is 0 Å². The summed E-state index contributed by atoms with van der Waals surface area (Å²) >= 11 is 0. The van der Waals surface area contributed by atoms with E-state index in [0.29, 0.717) is 12.0 Å². The van der Waals surface area contributed by atoms with Gasteiger partial charge < -0.3 is 0 Å². The van der Waals surface area contributed by atoms with Crippen molar-refractivity contribution in [3.63, 3.8) is 0 Å². The Bertz CT molecular complexity index is 575. The minimum atomic E-state index is 0.571. The van der Waals surface area contributed by atoms with E-state index in [1.807, 2.05) is 0 Å². The molecule has 0 fully saturated rings. The first-order chi connectivity index (χ1) is 10.3. The van der Waals surface area contributed by atoms with Gasteiger partial charge in [0.2, 0.25) is 0 Å². The molecule has 0 saturated carbocycles. The summed E-state index contributed by atoms with van der Waals surface area (Å²) in [6, 6.07) is 20.4. The van der Waals surface area contributed by atoms with E-state index in [4.69, 9.17) is 0 Å². The van der Waals surface area contributed by atoms with Crippen LogP contribution in [0.15, 0.2) is 54.6 Å². The fourth-order valence-corrected chi connectivity index (χ4v) is 3.75. The van der Waals surface area contributed by atoms with Gasteiger partial charge in [-0.25, -0.2) is 0 Å². The Hall–Kier alpha value is -1.60. The van der Waals surface area contributed by atoms with Gasteiger partial charge in [0, 0.05) is 12.6 Å². The predicted octanol–water partition coefficient (Wildman–Crippen LogP) is 4.83. The fourth-order valence-electron chi connectivity index (χ4n) is 3.75. The normalized spacial score (nSPS) is 20.7. The summed E-state index contributed by atoms with van der Waals surface area (Å²) in [4.78, 5) is 2.67. The lowest BCUT2D eigenvalue weighted by Gasteiger charge is -2.32. The van der Waals surface area contributed by atoms with Gasteiger partial charge in [-0.05, 0) is 42.0 Å². The number of benzene rings is 2. The van der Waals surface area contributed by atoms with Crippen LogP contribution in [0.1, 0.15) is 43.0 Å². The van der Waals surface area contributed by atoms with Crippen LogP contribution in [0.4, 0.5) is 0 Å². The van der Waals surface area contributed by atoms with E-state index < -0.39 is 0 Å². The van der Waals surface area contributed by atoms with Crippen molar-refractivity contribution in [1.29, 1.82) is 0 Å². The van der Waals surface area contributed by atoms with Gasteiger partial charge in [0.05, 0.1) is 0 Å². The highest BCUT2D eigenvalue weighted by Gasteiger charge is 2.33. The number of rotatable bonds is 5. The zero-order valence-corrected chi connectivity index (χ0v) is 13.1. The molecule has 0 unspecified atom stereocenters. The highest BCUT2D eigenvalue weighted by atomic mass is 15.2. The summed E-state index contributed by atoms with van der Waals surface area (Å²) in [5, 5.41) is 0. The van der Waals surface area contributed by atoms with Crippen LogP contribution in [0.3, 0.4) is 0 Å². The number of fused-ring (bicyclic) bond motifs is 1. The quantitative estimate of drug-likeness (QED) is 0.757. The van der Waals surface area contributed by atoms with Crippen LogP contribution in [0, 0.1) is 5.92 Å². The Morgan fingerprint density at radius 2 is 1.71 bits per heavy atom. The molecule has 0 aliphatic heterocycles. The lowest BCUT2D eigenvalue weighted by atomic mass is 9.99. The van der Waals surface area contributed by atoms with Crippen molar-refractivity contribution < 1.29 is 0 Å². The first-order valence-corrected chi connectivity index (χ1v) is 8.15. The van der Waals surface area contributed by atoms with Crippen molar-refractivity contribution in [2.75, 3.05) is 6.54 Å². The van der Waals surface area contributed by atoms with Crippen molar-refractivity contribution in [1.82, 2.24) is 4.90 Å². The molecule has 1 aliphatic rings. The molecule has 1 nitrogen and oxygen atoms in total. The summed E-state index contributed by atoms with van der Waals surface area (Å²) in [6.45, 7) is 6.90. The molecule has 21 heavy (non-hydrogen) atoms. The fraction of sp³-hybridized carbons (Fsp3) is 0.400. The average molecular weight is 279 g/mol. The van der Waals surface area contributed by atoms with Crippen LogP contribution in [0.2, 0.25) is 0 Å². The van der Waals surface area contributed by atoms with Gasteiger partial charge in [-0.2, -0.15) is 0 Å². The van der Waals surface area contributed by atoms with Crippen LogP contribution >= 0.6 is 0 Å². The summed E-state index contributed by atoms with van der Waals surface area (Å²) in [6.07, 6.45) is 2.42. The molecule has 2 atom stereocenters. The molecule has 0 heterocycles. The van der Waals surface area contributed by atoms with Gasteiger partial charge in [0.25, 0.3) is 0 Å². The summed E-state index contributed by atoms with van der Waals surface area (Å²) < 4.78 is 0. The predicted molar refractivity (Wildman–Crippen MR) is 89.2 cm³/mol. The Labute approximate surface area is 128 Å². The molecule has 0 spiro atoms. The van der Waals surface area contributed by atoms with Gasteiger partial charge in [-0.1, -0.05) is 68.4 Å². The Morgan fingerprint density at radius 1 is 1.00 bits per heavy atom. The van der Waals surface area contributed by atoms with E-state index >= 15 is 0 Å². The van der Waals surface area contributed by atoms with Crippen LogP contribution in [0.25, 0.3) is 0 Å². The molecule has 0 aromatic heterocycles. The molecule has 0 bridgehead atoms. The maximum atomic E-state index is 2.67. The minimum Gasteiger partial charge on any atom is -0.292 e. The lowest BCUT2D eigenvalue weighted by molar-refractivity contribution is 0.151. The second kappa shape index (κ2) is 6.44. The number of hydrogen-bond acceptors (Lipinski definition) is 1. The SMILES string of the molecule is CCCN(Cc1ccccc1)[C@H]1c2ccccc2C[C@@H]1C. The Kier molecular flexibility index (Phi) is 4.40. The van der Waals surface area contributed by atoms with Crippen molar-refractivity contribution >= 4 is 0 Å². The topological polar surface area (TPSA) is 3.24 Å². The molecular formula is C20H25N. The van der Waals surface area contributed by atoms with E-state index in [1.54, 1.807) is 11.1 Å². The van der Waals surface area contributed by atoms with Gasteiger partial charge in [0.15, 0.2) is 0 Å². The zero-order chi connectivity index (χ0) is 14.7. The molecule has 1 aliphatic carbocycles. The minimum absolute atomic E-state index is 0.571. The van der Waals surface area contributed by atoms with Crippen molar-refractivity contribution in [3.05, 3.63) is 71.3 Å². The average Bonchev–Trinajstić information content (AvgIpc) is 2.83. The van der Waals surface area contributed by atoms with Crippen molar-refractivity contribution in [2.45, 2.75) is 39.3 Å². The van der Waals surface area contributed by atoms with E-state index in [9.17, 15) is 0 Å². The van der Waals surface area contributed by atoms with E-state index in [1.165, 1.54) is 18.4 Å². The van der Waals surface area contributed by atoms with E-state index in [0.717, 1.165) is 13.1 Å². The summed E-state index contributed by atoms with van der Waals surface area (Å²) in [5.41, 5.74) is 4.51. The second-order valence-electron chi connectivity index (χ2n) is 6.28. The van der Waals surface area contributed by atoms with E-state index in [-0.39, 0.29) is 0 Å². The molecule has 110 valence electrons. The van der Waals surface area contributed by atoms with Gasteiger partial charge in [-0.3, -0.25) is 4.90 Å². The lowest BCUT2D eigenvalue weighted by Crippen LogP contribution is -2.31. The van der Waals surface area contributed by atoms with Gasteiger partial charge in [0.1, 0.15) is 0 Å². The molecule has 3 rings (SSSR count). The van der Waals surface area contributed by atoms with E-state index in [2.05, 4.69) is 73.3 Å². The van der Waals surface area contributed by atoms with Crippen molar-refractivity contribution in [3.8, 4) is 0 Å². The molecule has 2 aromatic carbocycles. The van der Waals surface area contributed by atoms with Crippen LogP contribution in [-0.4, -0.2) is 11.4 Å². The first kappa shape index (κ1) is 14.3. The molecule has 0 saturated heterocycles. The molecule has 0 radical (unpaired) electrons. The maximum absolute atomic E-state index is 2.67. The molecule has 2 aromatic rings.